The minimum atomic E-state index is -0.325. The Balaban J connectivity index is 2.39. The molecule has 3 heteroatoms. The first-order valence-electron chi connectivity index (χ1n) is 5.17. The van der Waals surface area contributed by atoms with Crippen LogP contribution in [0.5, 0.6) is 0 Å². The highest BCUT2D eigenvalue weighted by molar-refractivity contribution is 5.91. The van der Waals surface area contributed by atoms with Gasteiger partial charge in [-0.2, -0.15) is 0 Å². The number of likely N-dealkylation sites (N-methyl/N-ethyl adjacent to an activating group) is 1. The third-order valence-corrected chi connectivity index (χ3v) is 3.14. The van der Waals surface area contributed by atoms with Crippen LogP contribution in [0, 0.1) is 6.92 Å². The summed E-state index contributed by atoms with van der Waals surface area (Å²) in [5.41, 5.74) is 1.98. The number of carbonyl (C=O) groups is 1. The number of hydrogen-bond donors (Lipinski definition) is 1. The Hall–Kier alpha value is -1.35. The molecule has 15 heavy (non-hydrogen) atoms. The lowest BCUT2D eigenvalue weighted by Gasteiger charge is -2.21. The highest BCUT2D eigenvalue weighted by atomic mass is 16.2. The van der Waals surface area contributed by atoms with E-state index in [1.165, 1.54) is 10.6 Å². The lowest BCUT2D eigenvalue weighted by molar-refractivity contribution is -0.132. The van der Waals surface area contributed by atoms with E-state index in [-0.39, 0.29) is 11.3 Å². The minimum Gasteiger partial charge on any atom is -0.283 e. The molecule has 2 N–H and O–H groups in total. The number of carbonyl (C=O) groups excluding carboxylic acids is 1. The van der Waals surface area contributed by atoms with Crippen LogP contribution in [0.2, 0.25) is 0 Å². The molecule has 1 aliphatic carbocycles. The summed E-state index contributed by atoms with van der Waals surface area (Å²) >= 11 is 0. The fourth-order valence-electron chi connectivity index (χ4n) is 2.17. The fraction of sp³-hybridized carbons (Fsp3) is 0.417. The molecule has 0 spiro atoms. The van der Waals surface area contributed by atoms with E-state index in [4.69, 9.17) is 5.84 Å². The van der Waals surface area contributed by atoms with Gasteiger partial charge in [0, 0.05) is 7.05 Å². The third-order valence-electron chi connectivity index (χ3n) is 3.14. The van der Waals surface area contributed by atoms with Gasteiger partial charge in [-0.1, -0.05) is 24.3 Å². The second-order valence-corrected chi connectivity index (χ2v) is 4.31. The van der Waals surface area contributed by atoms with Crippen LogP contribution in [0.15, 0.2) is 24.3 Å². The maximum absolute atomic E-state index is 12.0. The van der Waals surface area contributed by atoms with E-state index in [9.17, 15) is 4.79 Å². The van der Waals surface area contributed by atoms with E-state index in [0.717, 1.165) is 18.4 Å². The Kier molecular flexibility index (Phi) is 2.27. The van der Waals surface area contributed by atoms with Gasteiger partial charge in [-0.3, -0.25) is 9.80 Å². The van der Waals surface area contributed by atoms with Crippen molar-refractivity contribution in [1.29, 1.82) is 0 Å². The van der Waals surface area contributed by atoms with E-state index < -0.39 is 0 Å². The Bertz CT molecular complexity index is 394. The van der Waals surface area contributed by atoms with Crippen LogP contribution in [0.1, 0.15) is 24.0 Å². The van der Waals surface area contributed by atoms with Crippen LogP contribution in [0.3, 0.4) is 0 Å². The van der Waals surface area contributed by atoms with Gasteiger partial charge in [-0.05, 0) is 30.9 Å². The molecule has 1 fully saturated rings. The summed E-state index contributed by atoms with van der Waals surface area (Å²) < 4.78 is 0. The van der Waals surface area contributed by atoms with Gasteiger partial charge in [0.2, 0.25) is 5.91 Å². The Labute approximate surface area is 89.8 Å². The van der Waals surface area contributed by atoms with Crippen LogP contribution < -0.4 is 5.84 Å². The molecule has 1 saturated carbocycles. The van der Waals surface area contributed by atoms with Crippen LogP contribution >= 0.6 is 0 Å². The van der Waals surface area contributed by atoms with Gasteiger partial charge in [0.05, 0.1) is 5.41 Å². The molecule has 0 unspecified atom stereocenters. The van der Waals surface area contributed by atoms with Crippen LogP contribution in [0.4, 0.5) is 0 Å². The van der Waals surface area contributed by atoms with Gasteiger partial charge in [0.25, 0.3) is 0 Å². The number of hydrazine groups is 1. The second-order valence-electron chi connectivity index (χ2n) is 4.31. The normalized spacial score (nSPS) is 17.3. The summed E-state index contributed by atoms with van der Waals surface area (Å²) in [5.74, 6) is 5.56. The molecule has 0 aliphatic heterocycles. The van der Waals surface area contributed by atoms with Gasteiger partial charge in [-0.15, -0.1) is 0 Å². The quantitative estimate of drug-likeness (QED) is 0.449. The van der Waals surface area contributed by atoms with Crippen molar-refractivity contribution in [2.24, 2.45) is 5.84 Å². The third kappa shape index (κ3) is 1.53. The Morgan fingerprint density at radius 1 is 1.40 bits per heavy atom. The zero-order valence-corrected chi connectivity index (χ0v) is 9.16. The first-order valence-corrected chi connectivity index (χ1v) is 5.17. The highest BCUT2D eigenvalue weighted by Crippen LogP contribution is 2.50. The molecule has 1 aromatic carbocycles. The van der Waals surface area contributed by atoms with E-state index in [1.54, 1.807) is 7.05 Å². The highest BCUT2D eigenvalue weighted by Gasteiger charge is 2.52. The Morgan fingerprint density at radius 2 is 2.00 bits per heavy atom. The van der Waals surface area contributed by atoms with Gasteiger partial charge in [0.1, 0.15) is 0 Å². The zero-order valence-electron chi connectivity index (χ0n) is 9.16. The van der Waals surface area contributed by atoms with E-state index in [2.05, 4.69) is 0 Å². The molecule has 0 heterocycles. The number of amides is 1. The lowest BCUT2D eigenvalue weighted by Crippen LogP contribution is -2.41. The van der Waals surface area contributed by atoms with Crippen LogP contribution in [-0.4, -0.2) is 18.0 Å². The van der Waals surface area contributed by atoms with Gasteiger partial charge in [-0.25, -0.2) is 5.84 Å². The van der Waals surface area contributed by atoms with Crippen molar-refractivity contribution in [3.8, 4) is 0 Å². The number of nitrogens with two attached hydrogens (primary N) is 1. The summed E-state index contributed by atoms with van der Waals surface area (Å²) in [7, 11) is 1.61. The van der Waals surface area contributed by atoms with Crippen molar-refractivity contribution < 1.29 is 4.79 Å². The molecule has 1 amide bonds. The summed E-state index contributed by atoms with van der Waals surface area (Å²) in [6.45, 7) is 2.04. The van der Waals surface area contributed by atoms with Gasteiger partial charge >= 0.3 is 0 Å². The van der Waals surface area contributed by atoms with Crippen molar-refractivity contribution in [3.63, 3.8) is 0 Å². The summed E-state index contributed by atoms with van der Waals surface area (Å²) in [4.78, 5) is 12.0. The average molecular weight is 204 g/mol. The van der Waals surface area contributed by atoms with E-state index in [0.29, 0.717) is 0 Å². The van der Waals surface area contributed by atoms with Gasteiger partial charge < -0.3 is 0 Å². The molecule has 0 radical (unpaired) electrons. The molecular weight excluding hydrogens is 188 g/mol. The van der Waals surface area contributed by atoms with Gasteiger partial charge in [0.15, 0.2) is 0 Å². The first kappa shape index (κ1) is 10.2. The van der Waals surface area contributed by atoms with Crippen molar-refractivity contribution in [2.75, 3.05) is 7.05 Å². The molecule has 1 aliphatic rings. The largest absolute Gasteiger partial charge is 0.283 e. The van der Waals surface area contributed by atoms with E-state index in [1.807, 2.05) is 31.2 Å². The van der Waals surface area contributed by atoms with Crippen molar-refractivity contribution in [1.82, 2.24) is 5.01 Å². The van der Waals surface area contributed by atoms with Crippen molar-refractivity contribution in [2.45, 2.75) is 25.2 Å². The molecule has 2 rings (SSSR count). The molecule has 80 valence electrons. The minimum absolute atomic E-state index is 0.0248. The topological polar surface area (TPSA) is 46.3 Å². The summed E-state index contributed by atoms with van der Waals surface area (Å²) in [6, 6.07) is 8.04. The number of aryl methyl sites for hydroxylation is 1. The zero-order chi connectivity index (χ0) is 11.1. The average Bonchev–Trinajstić information content (AvgIpc) is 2.98. The monoisotopic (exact) mass is 204 g/mol. The maximum atomic E-state index is 12.0. The fourth-order valence-corrected chi connectivity index (χ4v) is 2.17. The molecule has 1 aromatic rings. The Morgan fingerprint density at radius 3 is 2.47 bits per heavy atom. The number of hydrogen-bond acceptors (Lipinski definition) is 2. The number of rotatable bonds is 2. The smallest absolute Gasteiger partial charge is 0.246 e. The summed E-state index contributed by atoms with van der Waals surface area (Å²) in [5, 5.41) is 1.21. The predicted molar refractivity (Wildman–Crippen MR) is 59.0 cm³/mol. The van der Waals surface area contributed by atoms with Crippen molar-refractivity contribution >= 4 is 5.91 Å². The number of benzene rings is 1. The second kappa shape index (κ2) is 3.35. The SMILES string of the molecule is Cc1ccccc1C1(C(=O)N(C)N)CC1. The lowest BCUT2D eigenvalue weighted by atomic mass is 9.91. The molecular formula is C12H16N2O. The van der Waals surface area contributed by atoms with Crippen LogP contribution in [-0.2, 0) is 10.2 Å². The molecule has 0 saturated heterocycles. The molecule has 0 bridgehead atoms. The summed E-state index contributed by atoms with van der Waals surface area (Å²) in [6.07, 6.45) is 1.83. The van der Waals surface area contributed by atoms with Crippen LogP contribution in [0.25, 0.3) is 0 Å². The molecule has 3 nitrogen and oxygen atoms in total. The molecule has 0 atom stereocenters. The van der Waals surface area contributed by atoms with E-state index >= 15 is 0 Å². The van der Waals surface area contributed by atoms with Crippen molar-refractivity contribution in [3.05, 3.63) is 35.4 Å². The number of nitrogens with zero attached hydrogens (tertiary/aromatic N) is 1. The standard InChI is InChI=1S/C12H16N2O/c1-9-5-3-4-6-10(9)12(7-8-12)11(15)14(2)13/h3-6H,7-8,13H2,1-2H3. The predicted octanol–water partition coefficient (Wildman–Crippen LogP) is 1.36. The maximum Gasteiger partial charge on any atom is 0.246 e. The first-order chi connectivity index (χ1) is 7.08. The molecule has 0 aromatic heterocycles.